The van der Waals surface area contributed by atoms with Gasteiger partial charge in [-0.05, 0) is 43.3 Å². The van der Waals surface area contributed by atoms with Crippen molar-refractivity contribution in [2.24, 2.45) is 0 Å². The Labute approximate surface area is 138 Å². The Hall–Kier alpha value is -2.40. The maximum Gasteiger partial charge on any atom is 0.317 e. The zero-order valence-electron chi connectivity index (χ0n) is 13.3. The number of thiophene rings is 1. The molecule has 23 heavy (non-hydrogen) atoms. The second-order valence-corrected chi connectivity index (χ2v) is 6.32. The van der Waals surface area contributed by atoms with Crippen molar-refractivity contribution in [3.8, 4) is 16.5 Å². The van der Waals surface area contributed by atoms with Crippen LogP contribution in [-0.2, 0) is 11.2 Å². The van der Waals surface area contributed by atoms with Crippen molar-refractivity contribution in [2.75, 3.05) is 0 Å². The molecule has 0 fully saturated rings. The summed E-state index contributed by atoms with van der Waals surface area (Å²) in [5, 5.41) is 1.96. The van der Waals surface area contributed by atoms with Gasteiger partial charge in [-0.25, -0.2) is 4.98 Å². The van der Waals surface area contributed by atoms with E-state index < -0.39 is 0 Å². The van der Waals surface area contributed by atoms with Crippen LogP contribution < -0.4 is 4.74 Å². The van der Waals surface area contributed by atoms with Gasteiger partial charge in [-0.1, -0.05) is 24.3 Å². The van der Waals surface area contributed by atoms with Crippen molar-refractivity contribution >= 4 is 17.3 Å². The number of aryl methyl sites for hydroxylation is 3. The standard InChI is InChI=1S/C18H17NO3S/c1-11-6-4-7-12(2)17(11)22-16(20)10-14-13(3)21-18(19-14)15-8-5-9-23-15/h4-9H,10H2,1-3H3. The number of para-hydroxylation sites is 1. The van der Waals surface area contributed by atoms with E-state index in [9.17, 15) is 4.79 Å². The van der Waals surface area contributed by atoms with Crippen molar-refractivity contribution in [3.05, 3.63) is 58.3 Å². The summed E-state index contributed by atoms with van der Waals surface area (Å²) in [6.07, 6.45) is 0.0917. The van der Waals surface area contributed by atoms with Crippen LogP contribution in [0.1, 0.15) is 22.6 Å². The SMILES string of the molecule is Cc1cccc(C)c1OC(=O)Cc1nc(-c2cccs2)oc1C. The fourth-order valence-electron chi connectivity index (χ4n) is 2.34. The lowest BCUT2D eigenvalue weighted by atomic mass is 10.1. The summed E-state index contributed by atoms with van der Waals surface area (Å²) >= 11 is 1.55. The molecule has 1 aromatic carbocycles. The van der Waals surface area contributed by atoms with Crippen LogP contribution in [0.25, 0.3) is 10.8 Å². The third-order valence-electron chi connectivity index (χ3n) is 3.56. The third kappa shape index (κ3) is 3.35. The molecular weight excluding hydrogens is 310 g/mol. The van der Waals surface area contributed by atoms with Crippen LogP contribution in [0.3, 0.4) is 0 Å². The Morgan fingerprint density at radius 1 is 1.17 bits per heavy atom. The van der Waals surface area contributed by atoms with Gasteiger partial charge in [0.05, 0.1) is 17.0 Å². The second kappa shape index (κ2) is 6.38. The topological polar surface area (TPSA) is 52.3 Å². The van der Waals surface area contributed by atoms with E-state index in [1.165, 1.54) is 0 Å². The molecule has 0 aliphatic carbocycles. The van der Waals surface area contributed by atoms with Crippen LogP contribution >= 0.6 is 11.3 Å². The van der Waals surface area contributed by atoms with E-state index in [0.717, 1.165) is 16.0 Å². The number of aromatic nitrogens is 1. The Morgan fingerprint density at radius 3 is 2.57 bits per heavy atom. The number of esters is 1. The summed E-state index contributed by atoms with van der Waals surface area (Å²) in [5.74, 6) is 1.48. The van der Waals surface area contributed by atoms with Crippen molar-refractivity contribution in [1.82, 2.24) is 4.98 Å². The van der Waals surface area contributed by atoms with E-state index in [0.29, 0.717) is 23.1 Å². The maximum atomic E-state index is 12.2. The fourth-order valence-corrected chi connectivity index (χ4v) is 2.99. The number of carbonyl (C=O) groups is 1. The summed E-state index contributed by atoms with van der Waals surface area (Å²) in [6, 6.07) is 9.66. The largest absolute Gasteiger partial charge is 0.440 e. The van der Waals surface area contributed by atoms with Gasteiger partial charge in [0.2, 0.25) is 5.89 Å². The lowest BCUT2D eigenvalue weighted by Gasteiger charge is -2.09. The number of rotatable bonds is 4. The molecule has 0 spiro atoms. The molecule has 0 aliphatic rings. The minimum atomic E-state index is -0.337. The van der Waals surface area contributed by atoms with Crippen LogP contribution in [0.5, 0.6) is 5.75 Å². The van der Waals surface area contributed by atoms with Crippen molar-refractivity contribution in [2.45, 2.75) is 27.2 Å². The number of hydrogen-bond acceptors (Lipinski definition) is 5. The summed E-state index contributed by atoms with van der Waals surface area (Å²) in [7, 11) is 0. The Balaban J connectivity index is 1.76. The second-order valence-electron chi connectivity index (χ2n) is 5.37. The molecule has 0 N–H and O–H groups in total. The lowest BCUT2D eigenvalue weighted by Crippen LogP contribution is -2.13. The van der Waals surface area contributed by atoms with Gasteiger partial charge in [0, 0.05) is 0 Å². The van der Waals surface area contributed by atoms with Gasteiger partial charge in [-0.3, -0.25) is 4.79 Å². The number of ether oxygens (including phenoxy) is 1. The van der Waals surface area contributed by atoms with Gasteiger partial charge in [0.1, 0.15) is 11.5 Å². The Bertz CT molecular complexity index is 814. The summed E-state index contributed by atoms with van der Waals surface area (Å²) in [6.45, 7) is 5.66. The van der Waals surface area contributed by atoms with Gasteiger partial charge < -0.3 is 9.15 Å². The van der Waals surface area contributed by atoms with Crippen molar-refractivity contribution in [3.63, 3.8) is 0 Å². The van der Waals surface area contributed by atoms with Crippen LogP contribution in [0.15, 0.2) is 40.1 Å². The molecule has 0 atom stereocenters. The molecule has 4 nitrogen and oxygen atoms in total. The highest BCUT2D eigenvalue weighted by Crippen LogP contribution is 2.27. The fraction of sp³-hybridized carbons (Fsp3) is 0.222. The van der Waals surface area contributed by atoms with Gasteiger partial charge >= 0.3 is 5.97 Å². The molecule has 0 saturated carbocycles. The van der Waals surface area contributed by atoms with Crippen LogP contribution in [0, 0.1) is 20.8 Å². The number of hydrogen-bond donors (Lipinski definition) is 0. The van der Waals surface area contributed by atoms with Crippen molar-refractivity contribution in [1.29, 1.82) is 0 Å². The highest BCUT2D eigenvalue weighted by molar-refractivity contribution is 7.13. The van der Waals surface area contributed by atoms with Crippen LogP contribution in [-0.4, -0.2) is 11.0 Å². The molecule has 0 bridgehead atoms. The molecule has 0 radical (unpaired) electrons. The van der Waals surface area contributed by atoms with Gasteiger partial charge in [0.15, 0.2) is 0 Å². The first-order chi connectivity index (χ1) is 11.0. The van der Waals surface area contributed by atoms with E-state index in [4.69, 9.17) is 9.15 Å². The smallest absolute Gasteiger partial charge is 0.317 e. The predicted molar refractivity (Wildman–Crippen MR) is 89.8 cm³/mol. The van der Waals surface area contributed by atoms with Crippen LogP contribution in [0.2, 0.25) is 0 Å². The number of benzene rings is 1. The molecule has 2 aromatic heterocycles. The number of nitrogens with zero attached hydrogens (tertiary/aromatic N) is 1. The monoisotopic (exact) mass is 327 g/mol. The first-order valence-corrected chi connectivity index (χ1v) is 8.19. The van der Waals surface area contributed by atoms with E-state index in [2.05, 4.69) is 4.98 Å². The van der Waals surface area contributed by atoms with Crippen molar-refractivity contribution < 1.29 is 13.9 Å². The number of carbonyl (C=O) groups excluding carboxylic acids is 1. The summed E-state index contributed by atoms with van der Waals surface area (Å²) in [4.78, 5) is 17.6. The molecular formula is C18H17NO3S. The zero-order valence-corrected chi connectivity index (χ0v) is 14.1. The molecule has 5 heteroatoms. The normalized spacial score (nSPS) is 10.7. The molecule has 0 saturated heterocycles. The average Bonchev–Trinajstić information content (AvgIpc) is 3.14. The predicted octanol–water partition coefficient (Wildman–Crippen LogP) is 4.48. The minimum absolute atomic E-state index is 0.0917. The highest BCUT2D eigenvalue weighted by atomic mass is 32.1. The molecule has 3 aromatic rings. The van der Waals surface area contributed by atoms with Gasteiger partial charge in [0.25, 0.3) is 0 Å². The van der Waals surface area contributed by atoms with Gasteiger partial charge in [-0.2, -0.15) is 0 Å². The molecule has 0 amide bonds. The lowest BCUT2D eigenvalue weighted by molar-refractivity contribution is -0.133. The Kier molecular flexibility index (Phi) is 4.30. The molecule has 3 rings (SSSR count). The van der Waals surface area contributed by atoms with E-state index >= 15 is 0 Å². The van der Waals surface area contributed by atoms with E-state index in [1.54, 1.807) is 11.3 Å². The Morgan fingerprint density at radius 2 is 1.91 bits per heavy atom. The summed E-state index contributed by atoms with van der Waals surface area (Å²) in [5.41, 5.74) is 2.49. The quantitative estimate of drug-likeness (QED) is 0.524. The molecule has 0 aliphatic heterocycles. The number of oxazole rings is 1. The molecule has 118 valence electrons. The average molecular weight is 327 g/mol. The first-order valence-electron chi connectivity index (χ1n) is 7.31. The van der Waals surface area contributed by atoms with Crippen LogP contribution in [0.4, 0.5) is 0 Å². The van der Waals surface area contributed by atoms with E-state index in [1.807, 2.05) is 56.5 Å². The maximum absolute atomic E-state index is 12.2. The minimum Gasteiger partial charge on any atom is -0.440 e. The molecule has 0 unspecified atom stereocenters. The highest BCUT2D eigenvalue weighted by Gasteiger charge is 2.17. The third-order valence-corrected chi connectivity index (χ3v) is 4.42. The first kappa shape index (κ1) is 15.5. The molecule has 2 heterocycles. The van der Waals surface area contributed by atoms with E-state index in [-0.39, 0.29) is 12.4 Å². The zero-order chi connectivity index (χ0) is 16.4. The van der Waals surface area contributed by atoms with Gasteiger partial charge in [-0.15, -0.1) is 11.3 Å². The summed E-state index contributed by atoms with van der Waals surface area (Å²) < 4.78 is 11.2.